The van der Waals surface area contributed by atoms with Crippen LogP contribution in [-0.4, -0.2) is 22.9 Å². The molecule has 1 aliphatic rings. The van der Waals surface area contributed by atoms with Gasteiger partial charge in [0.25, 0.3) is 5.91 Å². The Morgan fingerprint density at radius 1 is 1.38 bits per heavy atom. The molecule has 3 rings (SSSR count). The van der Waals surface area contributed by atoms with Crippen molar-refractivity contribution in [3.8, 4) is 0 Å². The predicted octanol–water partition coefficient (Wildman–Crippen LogP) is 2.59. The fourth-order valence-electron chi connectivity index (χ4n) is 2.98. The third-order valence-electron chi connectivity index (χ3n) is 3.98. The summed E-state index contributed by atoms with van der Waals surface area (Å²) in [5.41, 5.74) is 6.12. The van der Waals surface area contributed by atoms with E-state index in [0.717, 1.165) is 16.2 Å². The van der Waals surface area contributed by atoms with Crippen LogP contribution in [0.25, 0.3) is 0 Å². The summed E-state index contributed by atoms with van der Waals surface area (Å²) < 4.78 is 0. The molecule has 24 heavy (non-hydrogen) atoms. The Morgan fingerprint density at radius 3 is 2.79 bits per heavy atom. The van der Waals surface area contributed by atoms with Gasteiger partial charge in [-0.1, -0.05) is 6.07 Å². The van der Waals surface area contributed by atoms with E-state index in [9.17, 15) is 19.5 Å². The number of hydrogen-bond donors (Lipinski definition) is 3. The zero-order valence-electron chi connectivity index (χ0n) is 12.7. The van der Waals surface area contributed by atoms with Crippen molar-refractivity contribution in [2.75, 3.05) is 5.32 Å². The van der Waals surface area contributed by atoms with E-state index < -0.39 is 17.8 Å². The Morgan fingerprint density at radius 2 is 2.17 bits per heavy atom. The van der Waals surface area contributed by atoms with Crippen molar-refractivity contribution >= 4 is 45.5 Å². The molecule has 0 radical (unpaired) electrons. The summed E-state index contributed by atoms with van der Waals surface area (Å²) in [6.07, 6.45) is 2.12. The minimum absolute atomic E-state index is 0.154. The number of carboxylic acids is 1. The number of nitrogens with one attached hydrogen (secondary N) is 1. The van der Waals surface area contributed by atoms with Gasteiger partial charge in [0, 0.05) is 9.75 Å². The smallest absolute Gasteiger partial charge is 0.311 e. The molecule has 0 bridgehead atoms. The van der Waals surface area contributed by atoms with E-state index in [1.807, 2.05) is 17.5 Å². The molecule has 6 nitrogen and oxygen atoms in total. The maximum Gasteiger partial charge on any atom is 0.311 e. The lowest BCUT2D eigenvalue weighted by molar-refractivity contribution is -0.139. The molecule has 0 fully saturated rings. The number of primary amides is 1. The van der Waals surface area contributed by atoms with Gasteiger partial charge in [-0.25, -0.2) is 0 Å². The number of thiophene rings is 2. The number of aliphatic carboxylic acids is 1. The van der Waals surface area contributed by atoms with Crippen molar-refractivity contribution < 1.29 is 19.5 Å². The van der Waals surface area contributed by atoms with Crippen LogP contribution in [0, 0.1) is 0 Å². The van der Waals surface area contributed by atoms with Crippen LogP contribution in [0.5, 0.6) is 0 Å². The summed E-state index contributed by atoms with van der Waals surface area (Å²) in [6.45, 7) is 0. The molecule has 1 aliphatic carbocycles. The molecule has 0 saturated carbocycles. The van der Waals surface area contributed by atoms with Gasteiger partial charge >= 0.3 is 5.97 Å². The molecule has 2 amide bonds. The van der Waals surface area contributed by atoms with Gasteiger partial charge in [0.15, 0.2) is 0 Å². The van der Waals surface area contributed by atoms with Crippen molar-refractivity contribution in [1.29, 1.82) is 0 Å². The second-order valence-electron chi connectivity index (χ2n) is 5.59. The molecular formula is C16H16N2O4S2. The standard InChI is InChI=1S/C16H16N2O4S2/c17-14(20)13-12-9(16(21)22)4-1-5-10(12)24-15(13)18-11(19)7-8-3-2-6-23-8/h2-3,6,9H,1,4-5,7H2,(H2,17,20)(H,18,19)(H,21,22). The summed E-state index contributed by atoms with van der Waals surface area (Å²) in [5.74, 6) is -2.65. The number of nitrogens with two attached hydrogens (primary N) is 1. The van der Waals surface area contributed by atoms with E-state index in [2.05, 4.69) is 5.32 Å². The number of carbonyl (C=O) groups is 3. The van der Waals surface area contributed by atoms with E-state index >= 15 is 0 Å². The zero-order chi connectivity index (χ0) is 17.3. The lowest BCUT2D eigenvalue weighted by Crippen LogP contribution is -2.23. The van der Waals surface area contributed by atoms with Crippen LogP contribution < -0.4 is 11.1 Å². The first-order valence-electron chi connectivity index (χ1n) is 7.47. The van der Waals surface area contributed by atoms with Gasteiger partial charge in [0.05, 0.1) is 17.9 Å². The first-order valence-corrected chi connectivity index (χ1v) is 9.17. The largest absolute Gasteiger partial charge is 0.481 e. The van der Waals surface area contributed by atoms with Crippen molar-refractivity contribution in [2.24, 2.45) is 5.73 Å². The average Bonchev–Trinajstić information content (AvgIpc) is 3.12. The molecule has 4 N–H and O–H groups in total. The van der Waals surface area contributed by atoms with Crippen molar-refractivity contribution in [3.63, 3.8) is 0 Å². The summed E-state index contributed by atoms with van der Waals surface area (Å²) in [6, 6.07) is 3.72. The quantitative estimate of drug-likeness (QED) is 0.757. The molecule has 1 atom stereocenters. The molecule has 2 aromatic rings. The summed E-state index contributed by atoms with van der Waals surface area (Å²) in [7, 11) is 0. The number of anilines is 1. The van der Waals surface area contributed by atoms with E-state index in [0.29, 0.717) is 23.4 Å². The molecular weight excluding hydrogens is 348 g/mol. The first kappa shape index (κ1) is 16.7. The van der Waals surface area contributed by atoms with Gasteiger partial charge in [0.2, 0.25) is 5.91 Å². The lowest BCUT2D eigenvalue weighted by atomic mass is 9.85. The van der Waals surface area contributed by atoms with E-state index in [4.69, 9.17) is 5.73 Å². The number of fused-ring (bicyclic) bond motifs is 1. The van der Waals surface area contributed by atoms with Gasteiger partial charge in [-0.2, -0.15) is 0 Å². The maximum atomic E-state index is 12.2. The molecule has 0 saturated heterocycles. The Balaban J connectivity index is 1.92. The Hall–Kier alpha value is -2.19. The molecule has 126 valence electrons. The molecule has 0 aliphatic heterocycles. The topological polar surface area (TPSA) is 109 Å². The zero-order valence-corrected chi connectivity index (χ0v) is 14.3. The van der Waals surface area contributed by atoms with Gasteiger partial charge in [0.1, 0.15) is 5.00 Å². The minimum Gasteiger partial charge on any atom is -0.481 e. The molecule has 0 spiro atoms. The molecule has 2 aromatic heterocycles. The van der Waals surface area contributed by atoms with Crippen LogP contribution in [0.15, 0.2) is 17.5 Å². The average molecular weight is 364 g/mol. The number of rotatable bonds is 5. The SMILES string of the molecule is NC(=O)c1c(NC(=O)Cc2cccs2)sc2c1C(C(=O)O)CCC2. The Bertz CT molecular complexity index is 795. The number of carbonyl (C=O) groups excluding carboxylic acids is 2. The maximum absolute atomic E-state index is 12.2. The fraction of sp³-hybridized carbons (Fsp3) is 0.312. The van der Waals surface area contributed by atoms with Crippen molar-refractivity contribution in [3.05, 3.63) is 38.4 Å². The summed E-state index contributed by atoms with van der Waals surface area (Å²) >= 11 is 2.74. The van der Waals surface area contributed by atoms with E-state index in [1.165, 1.54) is 22.7 Å². The van der Waals surface area contributed by atoms with Gasteiger partial charge in [-0.15, -0.1) is 22.7 Å². The third-order valence-corrected chi connectivity index (χ3v) is 6.04. The van der Waals surface area contributed by atoms with Crippen LogP contribution in [0.4, 0.5) is 5.00 Å². The van der Waals surface area contributed by atoms with Gasteiger partial charge < -0.3 is 16.2 Å². The summed E-state index contributed by atoms with van der Waals surface area (Å²) in [4.78, 5) is 37.4. The number of hydrogen-bond acceptors (Lipinski definition) is 5. The van der Waals surface area contributed by atoms with E-state index in [-0.39, 0.29) is 17.9 Å². The highest BCUT2D eigenvalue weighted by molar-refractivity contribution is 7.17. The van der Waals surface area contributed by atoms with Gasteiger partial charge in [-0.05, 0) is 36.3 Å². The van der Waals surface area contributed by atoms with Gasteiger partial charge in [-0.3, -0.25) is 14.4 Å². The monoisotopic (exact) mass is 364 g/mol. The lowest BCUT2D eigenvalue weighted by Gasteiger charge is -2.19. The highest BCUT2D eigenvalue weighted by Gasteiger charge is 2.34. The van der Waals surface area contributed by atoms with Crippen LogP contribution in [0.2, 0.25) is 0 Å². The van der Waals surface area contributed by atoms with Crippen LogP contribution in [0.1, 0.15) is 44.4 Å². The van der Waals surface area contributed by atoms with Crippen LogP contribution >= 0.6 is 22.7 Å². The number of aryl methyl sites for hydroxylation is 1. The molecule has 1 unspecified atom stereocenters. The summed E-state index contributed by atoms with van der Waals surface area (Å²) in [5, 5.41) is 14.4. The van der Waals surface area contributed by atoms with Crippen LogP contribution in [-0.2, 0) is 22.4 Å². The second kappa shape index (κ2) is 6.74. The van der Waals surface area contributed by atoms with Crippen molar-refractivity contribution in [1.82, 2.24) is 0 Å². The second-order valence-corrected chi connectivity index (χ2v) is 7.73. The number of carboxylic acid groups (broad SMARTS) is 1. The predicted molar refractivity (Wildman–Crippen MR) is 92.8 cm³/mol. The first-order chi connectivity index (χ1) is 11.5. The Labute approximate surface area is 146 Å². The Kier molecular flexibility index (Phi) is 4.68. The molecule has 8 heteroatoms. The van der Waals surface area contributed by atoms with E-state index in [1.54, 1.807) is 0 Å². The normalized spacial score (nSPS) is 16.4. The minimum atomic E-state index is -0.965. The molecule has 0 aromatic carbocycles. The van der Waals surface area contributed by atoms with Crippen molar-refractivity contribution in [2.45, 2.75) is 31.6 Å². The highest BCUT2D eigenvalue weighted by atomic mass is 32.1. The fourth-order valence-corrected chi connectivity index (χ4v) is 5.01. The molecule has 2 heterocycles. The third kappa shape index (κ3) is 3.20. The number of amides is 2. The van der Waals surface area contributed by atoms with Crippen LogP contribution in [0.3, 0.4) is 0 Å². The highest BCUT2D eigenvalue weighted by Crippen LogP contribution is 2.43.